The van der Waals surface area contributed by atoms with Crippen LogP contribution in [0.5, 0.6) is 0 Å². The van der Waals surface area contributed by atoms with Crippen LogP contribution >= 0.6 is 0 Å². The van der Waals surface area contributed by atoms with Crippen LogP contribution in [0.2, 0.25) is 0 Å². The van der Waals surface area contributed by atoms with Gasteiger partial charge >= 0.3 is 5.97 Å². The zero-order valence-corrected chi connectivity index (χ0v) is 34.5. The summed E-state index contributed by atoms with van der Waals surface area (Å²) < 4.78 is 46.1. The average Bonchev–Trinajstić information content (AvgIpc) is 3.77. The zero-order valence-electron chi connectivity index (χ0n) is 34.5. The number of cyclic esters (lactones) is 1. The van der Waals surface area contributed by atoms with E-state index in [1.165, 1.54) is 7.11 Å². The van der Waals surface area contributed by atoms with Crippen molar-refractivity contribution in [3.63, 3.8) is 0 Å². The zero-order chi connectivity index (χ0) is 42.2. The van der Waals surface area contributed by atoms with E-state index < -0.39 is 98.2 Å². The van der Waals surface area contributed by atoms with E-state index in [1.54, 1.807) is 13.0 Å². The summed E-state index contributed by atoms with van der Waals surface area (Å²) in [7, 11) is 1.47. The van der Waals surface area contributed by atoms with Crippen LogP contribution in [0.1, 0.15) is 85.0 Å². The van der Waals surface area contributed by atoms with Gasteiger partial charge in [0.25, 0.3) is 0 Å². The molecule has 4 aliphatic heterocycles. The van der Waals surface area contributed by atoms with E-state index in [9.17, 15) is 45.6 Å². The van der Waals surface area contributed by atoms with Crippen molar-refractivity contribution in [2.45, 2.75) is 183 Å². The van der Waals surface area contributed by atoms with Gasteiger partial charge < -0.3 is 78.7 Å². The molecule has 336 valence electrons. The van der Waals surface area contributed by atoms with Crippen LogP contribution in [0.25, 0.3) is 0 Å². The van der Waals surface area contributed by atoms with Gasteiger partial charge in [-0.15, -0.1) is 0 Å². The number of rotatable bonds is 10. The topological polar surface area (TPSA) is 253 Å². The number of hydrogen-bond donors (Lipinski definition) is 8. The quantitative estimate of drug-likeness (QED) is 0.105. The molecule has 0 aromatic rings. The molecule has 4 heterocycles. The Morgan fingerprint density at radius 2 is 1.41 bits per heavy atom. The number of aliphatic hydroxyl groups is 8. The summed E-state index contributed by atoms with van der Waals surface area (Å²) in [5.74, 6) is 0.615. The third kappa shape index (κ3) is 7.75. The molecule has 7 fully saturated rings. The van der Waals surface area contributed by atoms with E-state index in [2.05, 4.69) is 13.8 Å². The van der Waals surface area contributed by atoms with Crippen molar-refractivity contribution in [1.82, 2.24) is 0 Å². The highest BCUT2D eigenvalue weighted by Gasteiger charge is 2.68. The molecule has 59 heavy (non-hydrogen) atoms. The predicted octanol–water partition coefficient (Wildman–Crippen LogP) is -0.212. The lowest BCUT2D eigenvalue weighted by Gasteiger charge is -2.64. The number of hydrogen-bond acceptors (Lipinski definition) is 17. The van der Waals surface area contributed by atoms with E-state index in [0.29, 0.717) is 37.7 Å². The molecule has 17 heteroatoms. The maximum absolute atomic E-state index is 12.6. The number of esters is 1. The van der Waals surface area contributed by atoms with Crippen LogP contribution < -0.4 is 0 Å². The minimum atomic E-state index is -1.69. The molecular formula is C42H66O17. The van der Waals surface area contributed by atoms with Gasteiger partial charge in [0.15, 0.2) is 18.9 Å². The molecule has 8 aliphatic rings. The summed E-state index contributed by atoms with van der Waals surface area (Å²) in [5.41, 5.74) is -0.156. The molecule has 17 nitrogen and oxygen atoms in total. The maximum atomic E-state index is 12.6. The van der Waals surface area contributed by atoms with Gasteiger partial charge in [0, 0.05) is 25.0 Å². The van der Waals surface area contributed by atoms with E-state index >= 15 is 0 Å². The van der Waals surface area contributed by atoms with Crippen molar-refractivity contribution >= 4 is 5.97 Å². The van der Waals surface area contributed by atoms with E-state index in [-0.39, 0.29) is 47.8 Å². The number of fused-ring (bicyclic) bond motifs is 5. The summed E-state index contributed by atoms with van der Waals surface area (Å²) in [6, 6.07) is 0. The van der Waals surface area contributed by atoms with E-state index in [4.69, 9.17) is 37.9 Å². The second-order valence-corrected chi connectivity index (χ2v) is 19.3. The van der Waals surface area contributed by atoms with Gasteiger partial charge in [0.2, 0.25) is 0 Å². The van der Waals surface area contributed by atoms with Gasteiger partial charge in [-0.25, -0.2) is 4.79 Å². The number of ether oxygens (including phenoxy) is 8. The lowest BCUT2D eigenvalue weighted by atomic mass is 9.43. The Balaban J connectivity index is 0.861. The first-order valence-electron chi connectivity index (χ1n) is 21.7. The molecule has 4 saturated carbocycles. The normalized spacial score (nSPS) is 53.9. The Morgan fingerprint density at radius 1 is 0.729 bits per heavy atom. The Labute approximate surface area is 344 Å². The maximum Gasteiger partial charge on any atom is 0.331 e. The molecule has 8 N–H and O–H groups in total. The summed E-state index contributed by atoms with van der Waals surface area (Å²) in [6.45, 7) is 5.86. The fourth-order valence-corrected chi connectivity index (χ4v) is 12.8. The fraction of sp³-hybridized carbons (Fsp3) is 0.929. The van der Waals surface area contributed by atoms with Crippen molar-refractivity contribution in [1.29, 1.82) is 0 Å². The second kappa shape index (κ2) is 17.0. The summed E-state index contributed by atoms with van der Waals surface area (Å²) >= 11 is 0. The lowest BCUT2D eigenvalue weighted by molar-refractivity contribution is -0.342. The molecule has 0 radical (unpaired) electrons. The van der Waals surface area contributed by atoms with Crippen LogP contribution in [0.3, 0.4) is 0 Å². The standard InChI is InChI=1S/C42H66O17/c1-19-31(44)26(52-4)15-30(56-19)54-17-27-32(45)34(47)36(49)38(58-27)55-18-28-33(46)35(48)37(50)39(59-28)57-22-7-10-40(2)21(14-22)5-6-25-24(40)8-11-41(3)23(9-12-42(25,41)51)20-13-29(43)53-16-20/h13,19,21-28,30-39,44-51H,5-12,14-18H2,1-4H3/t19-,21+,22+,23+,24+,25+,26-,27-,28-,30-,31-,32-,33-,34+,35+,36-,37-,38-,39-,40+,41-,42+/m1/s1. The Hall–Kier alpha value is -1.39. The van der Waals surface area contributed by atoms with Gasteiger partial charge in [0.05, 0.1) is 37.1 Å². The predicted molar refractivity (Wildman–Crippen MR) is 202 cm³/mol. The third-order valence-electron chi connectivity index (χ3n) is 16.4. The number of carbonyl (C=O) groups is 1. The van der Waals surface area contributed by atoms with Gasteiger partial charge in [-0.05, 0) is 99.4 Å². The summed E-state index contributed by atoms with van der Waals surface area (Å²) in [4.78, 5) is 11.9. The smallest absolute Gasteiger partial charge is 0.331 e. The van der Waals surface area contributed by atoms with Crippen molar-refractivity contribution in [3.05, 3.63) is 11.6 Å². The number of carbonyl (C=O) groups excluding carboxylic acids is 1. The molecule has 0 amide bonds. The van der Waals surface area contributed by atoms with Crippen LogP contribution in [0.15, 0.2) is 11.6 Å². The Kier molecular flexibility index (Phi) is 12.7. The highest BCUT2D eigenvalue weighted by molar-refractivity contribution is 5.85. The highest BCUT2D eigenvalue weighted by Crippen LogP contribution is 2.70. The van der Waals surface area contributed by atoms with E-state index in [1.807, 2.05) is 0 Å². The molecule has 8 rings (SSSR count). The summed E-state index contributed by atoms with van der Waals surface area (Å²) in [5, 5.41) is 87.7. The number of methoxy groups -OCH3 is 1. The molecule has 4 aliphatic carbocycles. The first-order valence-corrected chi connectivity index (χ1v) is 21.7. The van der Waals surface area contributed by atoms with Crippen LogP contribution in [-0.4, -0.2) is 171 Å². The third-order valence-corrected chi connectivity index (χ3v) is 16.4. The summed E-state index contributed by atoms with van der Waals surface area (Å²) in [6.07, 6.45) is -8.63. The minimum absolute atomic E-state index is 0.0275. The second-order valence-electron chi connectivity index (χ2n) is 19.3. The van der Waals surface area contributed by atoms with Gasteiger partial charge in [0.1, 0.15) is 61.5 Å². The SMILES string of the molecule is CO[C@@H]1C[C@H](OC[C@H]2O[C@@H](OC[C@H]3O[C@@H](O[C@H]4CC[C@@]5(C)[C@@H](CC[C@H]6[C@@H]5CC[C@]5(C)[C@H](C7=CC(=O)OC7)CC[C@]65O)C4)[C@H](O)[C@@H](O)[C@@H]3O)[C@H](O)[C@@H](O)[C@@H]2O)O[C@H](C)[C@H]1O. The van der Waals surface area contributed by atoms with Crippen LogP contribution in [0.4, 0.5) is 0 Å². The molecule has 22 atom stereocenters. The largest absolute Gasteiger partial charge is 0.458 e. The number of aliphatic hydroxyl groups excluding tert-OH is 7. The van der Waals surface area contributed by atoms with Crippen molar-refractivity contribution in [2.75, 3.05) is 26.9 Å². The highest BCUT2D eigenvalue weighted by atomic mass is 16.7. The van der Waals surface area contributed by atoms with Gasteiger partial charge in [-0.3, -0.25) is 0 Å². The van der Waals surface area contributed by atoms with Crippen LogP contribution in [0, 0.1) is 34.5 Å². The first kappa shape index (κ1) is 44.2. The minimum Gasteiger partial charge on any atom is -0.458 e. The van der Waals surface area contributed by atoms with Crippen molar-refractivity contribution in [3.8, 4) is 0 Å². The Morgan fingerprint density at radius 3 is 2.08 bits per heavy atom. The average molecular weight is 843 g/mol. The Bertz CT molecular complexity index is 1530. The van der Waals surface area contributed by atoms with Gasteiger partial charge in [-0.2, -0.15) is 0 Å². The monoisotopic (exact) mass is 842 g/mol. The molecule has 0 spiro atoms. The molecule has 3 saturated heterocycles. The molecule has 0 aromatic carbocycles. The molecule has 0 unspecified atom stereocenters. The van der Waals surface area contributed by atoms with E-state index in [0.717, 1.165) is 44.1 Å². The van der Waals surface area contributed by atoms with Crippen molar-refractivity contribution < 1.29 is 83.5 Å². The van der Waals surface area contributed by atoms with Crippen LogP contribution in [-0.2, 0) is 42.7 Å². The molecular weight excluding hydrogens is 776 g/mol. The first-order chi connectivity index (χ1) is 28.0. The lowest BCUT2D eigenvalue weighted by Crippen LogP contribution is -2.63. The fourth-order valence-electron chi connectivity index (χ4n) is 12.8. The molecule has 0 aromatic heterocycles. The van der Waals surface area contributed by atoms with Gasteiger partial charge in [-0.1, -0.05) is 13.8 Å². The molecule has 0 bridgehead atoms. The van der Waals surface area contributed by atoms with Crippen molar-refractivity contribution in [2.24, 2.45) is 34.5 Å².